The lowest BCUT2D eigenvalue weighted by Gasteiger charge is -2.08. The average Bonchev–Trinajstić information content (AvgIpc) is 3.07. The summed E-state index contributed by atoms with van der Waals surface area (Å²) in [6, 6.07) is 23.2. The molecule has 118 valence electrons. The van der Waals surface area contributed by atoms with E-state index < -0.39 is 0 Å². The molecule has 0 saturated heterocycles. The molecule has 0 bridgehead atoms. The fourth-order valence-corrected chi connectivity index (χ4v) is 3.44. The first-order valence-electron chi connectivity index (χ1n) is 8.26. The number of rotatable bonds is 2. The van der Waals surface area contributed by atoms with Gasteiger partial charge in [-0.2, -0.15) is 0 Å². The SMILES string of the molecule is Fc1ccc(-c2cccc(-c3cc4c5c(cccc5n3)C=C4)c2)cc1. The highest BCUT2D eigenvalue weighted by molar-refractivity contribution is 6.04. The lowest BCUT2D eigenvalue weighted by Crippen LogP contribution is -1.89. The number of nitrogens with zero attached hydrogens (tertiary/aromatic N) is 1. The Kier molecular flexibility index (Phi) is 3.04. The van der Waals surface area contributed by atoms with Crippen LogP contribution in [0.5, 0.6) is 0 Å². The maximum atomic E-state index is 13.2. The predicted octanol–water partition coefficient (Wildman–Crippen LogP) is 6.19. The zero-order valence-electron chi connectivity index (χ0n) is 13.4. The van der Waals surface area contributed by atoms with Crippen molar-refractivity contribution in [2.75, 3.05) is 0 Å². The first kappa shape index (κ1) is 14.1. The Bertz CT molecular complexity index is 1140. The van der Waals surface area contributed by atoms with E-state index in [0.717, 1.165) is 27.9 Å². The molecule has 0 amide bonds. The Labute approximate surface area is 145 Å². The number of pyridine rings is 1. The van der Waals surface area contributed by atoms with Gasteiger partial charge in [-0.15, -0.1) is 0 Å². The highest BCUT2D eigenvalue weighted by Gasteiger charge is 2.12. The largest absolute Gasteiger partial charge is 0.248 e. The highest BCUT2D eigenvalue weighted by atomic mass is 19.1. The van der Waals surface area contributed by atoms with Crippen LogP contribution in [-0.2, 0) is 0 Å². The highest BCUT2D eigenvalue weighted by Crippen LogP contribution is 2.34. The molecule has 0 spiro atoms. The molecule has 0 fully saturated rings. The topological polar surface area (TPSA) is 12.9 Å². The molecule has 0 radical (unpaired) electrons. The predicted molar refractivity (Wildman–Crippen MR) is 102 cm³/mol. The third-order valence-electron chi connectivity index (χ3n) is 4.67. The lowest BCUT2D eigenvalue weighted by atomic mass is 10.00. The van der Waals surface area contributed by atoms with Gasteiger partial charge in [0.2, 0.25) is 0 Å². The standard InChI is InChI=1S/C23H14FN/c24-20-11-9-15(10-12-20)17-4-1-5-18(13-17)22-14-19-8-7-16-3-2-6-21(25-22)23(16)19/h1-14H. The van der Waals surface area contributed by atoms with E-state index in [1.807, 2.05) is 18.2 Å². The summed E-state index contributed by atoms with van der Waals surface area (Å²) >= 11 is 0. The molecule has 4 aromatic rings. The summed E-state index contributed by atoms with van der Waals surface area (Å²) in [5.41, 5.74) is 7.52. The molecule has 1 heterocycles. The molecule has 0 saturated carbocycles. The second-order valence-electron chi connectivity index (χ2n) is 6.26. The van der Waals surface area contributed by atoms with Crippen molar-refractivity contribution in [3.8, 4) is 22.4 Å². The summed E-state index contributed by atoms with van der Waals surface area (Å²) in [6.45, 7) is 0. The second kappa shape index (κ2) is 5.38. The molecule has 2 heteroatoms. The van der Waals surface area contributed by atoms with E-state index in [1.54, 1.807) is 12.1 Å². The van der Waals surface area contributed by atoms with Gasteiger partial charge in [-0.3, -0.25) is 0 Å². The van der Waals surface area contributed by atoms with Gasteiger partial charge < -0.3 is 0 Å². The van der Waals surface area contributed by atoms with Crippen molar-refractivity contribution in [1.82, 2.24) is 4.98 Å². The maximum absolute atomic E-state index is 13.2. The summed E-state index contributed by atoms with van der Waals surface area (Å²) < 4.78 is 13.2. The van der Waals surface area contributed by atoms with E-state index in [-0.39, 0.29) is 5.82 Å². The first-order chi connectivity index (χ1) is 12.3. The van der Waals surface area contributed by atoms with Gasteiger partial charge in [0.1, 0.15) is 5.82 Å². The number of aromatic nitrogens is 1. The Hall–Kier alpha value is -3.26. The Morgan fingerprint density at radius 1 is 0.640 bits per heavy atom. The fourth-order valence-electron chi connectivity index (χ4n) is 3.44. The second-order valence-corrected chi connectivity index (χ2v) is 6.26. The molecule has 0 aliphatic heterocycles. The van der Waals surface area contributed by atoms with Gasteiger partial charge in [-0.25, -0.2) is 9.37 Å². The normalized spacial score (nSPS) is 12.0. The Balaban J connectivity index is 1.65. The summed E-state index contributed by atoms with van der Waals surface area (Å²) in [5.74, 6) is -0.221. The monoisotopic (exact) mass is 323 g/mol. The lowest BCUT2D eigenvalue weighted by molar-refractivity contribution is 0.628. The smallest absolute Gasteiger partial charge is 0.123 e. The molecule has 1 aliphatic carbocycles. The van der Waals surface area contributed by atoms with Crippen molar-refractivity contribution in [3.63, 3.8) is 0 Å². The van der Waals surface area contributed by atoms with Crippen LogP contribution in [0.2, 0.25) is 0 Å². The van der Waals surface area contributed by atoms with Crippen LogP contribution in [0.15, 0.2) is 72.8 Å². The summed E-state index contributed by atoms with van der Waals surface area (Å²) in [7, 11) is 0. The summed E-state index contributed by atoms with van der Waals surface area (Å²) in [4.78, 5) is 4.86. The molecular formula is C23H14FN. The molecule has 0 N–H and O–H groups in total. The van der Waals surface area contributed by atoms with E-state index in [9.17, 15) is 4.39 Å². The molecule has 0 unspecified atom stereocenters. The minimum atomic E-state index is -0.221. The van der Waals surface area contributed by atoms with Crippen LogP contribution >= 0.6 is 0 Å². The molecule has 25 heavy (non-hydrogen) atoms. The molecule has 1 nitrogen and oxygen atoms in total. The first-order valence-corrected chi connectivity index (χ1v) is 8.26. The van der Waals surface area contributed by atoms with E-state index in [2.05, 4.69) is 42.5 Å². The average molecular weight is 323 g/mol. The number of hydrogen-bond donors (Lipinski definition) is 0. The summed E-state index contributed by atoms with van der Waals surface area (Å²) in [6.07, 6.45) is 4.28. The van der Waals surface area contributed by atoms with Gasteiger partial charge in [0.15, 0.2) is 0 Å². The van der Waals surface area contributed by atoms with Crippen LogP contribution in [0.25, 0.3) is 45.4 Å². The van der Waals surface area contributed by atoms with Crippen molar-refractivity contribution in [2.45, 2.75) is 0 Å². The van der Waals surface area contributed by atoms with Crippen LogP contribution in [0.1, 0.15) is 11.1 Å². The Morgan fingerprint density at radius 2 is 1.40 bits per heavy atom. The Morgan fingerprint density at radius 3 is 2.28 bits per heavy atom. The molecular weight excluding hydrogens is 309 g/mol. The quantitative estimate of drug-likeness (QED) is 0.377. The van der Waals surface area contributed by atoms with E-state index in [0.29, 0.717) is 0 Å². The van der Waals surface area contributed by atoms with Crippen molar-refractivity contribution in [1.29, 1.82) is 0 Å². The molecule has 0 atom stereocenters. The zero-order chi connectivity index (χ0) is 16.8. The third kappa shape index (κ3) is 2.34. The van der Waals surface area contributed by atoms with Crippen molar-refractivity contribution < 1.29 is 4.39 Å². The van der Waals surface area contributed by atoms with Gasteiger partial charge in [0, 0.05) is 10.9 Å². The molecule has 5 rings (SSSR count). The number of benzene rings is 3. The van der Waals surface area contributed by atoms with Crippen molar-refractivity contribution in [2.24, 2.45) is 0 Å². The van der Waals surface area contributed by atoms with Crippen LogP contribution < -0.4 is 0 Å². The van der Waals surface area contributed by atoms with Crippen molar-refractivity contribution >= 4 is 23.1 Å². The van der Waals surface area contributed by atoms with Gasteiger partial charge >= 0.3 is 0 Å². The van der Waals surface area contributed by atoms with Gasteiger partial charge in [-0.1, -0.05) is 54.6 Å². The minimum Gasteiger partial charge on any atom is -0.248 e. The molecule has 3 aromatic carbocycles. The van der Waals surface area contributed by atoms with E-state index in [1.165, 1.54) is 28.6 Å². The van der Waals surface area contributed by atoms with Crippen molar-refractivity contribution in [3.05, 3.63) is 89.7 Å². The summed E-state index contributed by atoms with van der Waals surface area (Å²) in [5, 5.41) is 1.22. The van der Waals surface area contributed by atoms with E-state index >= 15 is 0 Å². The van der Waals surface area contributed by atoms with Gasteiger partial charge in [0.25, 0.3) is 0 Å². The molecule has 1 aromatic heterocycles. The zero-order valence-corrected chi connectivity index (χ0v) is 13.4. The minimum absolute atomic E-state index is 0.221. The third-order valence-corrected chi connectivity index (χ3v) is 4.67. The van der Waals surface area contributed by atoms with Gasteiger partial charge in [0.05, 0.1) is 11.2 Å². The fraction of sp³-hybridized carbons (Fsp3) is 0. The number of hydrogen-bond acceptors (Lipinski definition) is 1. The number of halogens is 1. The van der Waals surface area contributed by atoms with Crippen LogP contribution in [0.3, 0.4) is 0 Å². The van der Waals surface area contributed by atoms with Crippen LogP contribution in [-0.4, -0.2) is 4.98 Å². The van der Waals surface area contributed by atoms with Gasteiger partial charge in [-0.05, 0) is 52.6 Å². The van der Waals surface area contributed by atoms with Crippen LogP contribution in [0, 0.1) is 5.82 Å². The maximum Gasteiger partial charge on any atom is 0.123 e. The molecule has 1 aliphatic rings. The van der Waals surface area contributed by atoms with E-state index in [4.69, 9.17) is 4.98 Å². The van der Waals surface area contributed by atoms with Crippen LogP contribution in [0.4, 0.5) is 4.39 Å².